The molecule has 1 fully saturated rings. The van der Waals surface area contributed by atoms with Gasteiger partial charge in [0.15, 0.2) is 11.5 Å². The first-order valence-corrected chi connectivity index (χ1v) is 7.96. The van der Waals surface area contributed by atoms with Gasteiger partial charge in [0.1, 0.15) is 11.7 Å². The molecule has 0 N–H and O–H groups in total. The van der Waals surface area contributed by atoms with Crippen LogP contribution in [-0.4, -0.2) is 11.7 Å². The highest BCUT2D eigenvalue weighted by atomic mass is 16.5. The highest BCUT2D eigenvalue weighted by Gasteiger charge is 2.34. The maximum atomic E-state index is 9.38. The summed E-state index contributed by atoms with van der Waals surface area (Å²) in [5, 5.41) is 9.38. The Bertz CT molecular complexity index is 559. The minimum atomic E-state index is -0.167. The van der Waals surface area contributed by atoms with E-state index >= 15 is 0 Å². The summed E-state index contributed by atoms with van der Waals surface area (Å²) < 4.78 is 12.3. The molecule has 0 aromatic heterocycles. The summed E-state index contributed by atoms with van der Waals surface area (Å²) in [6, 6.07) is 8.53. The minimum absolute atomic E-state index is 0.00207. The van der Waals surface area contributed by atoms with Gasteiger partial charge >= 0.3 is 0 Å². The minimum Gasteiger partial charge on any atom is -0.485 e. The van der Waals surface area contributed by atoms with Gasteiger partial charge in [-0.1, -0.05) is 25.0 Å². The van der Waals surface area contributed by atoms with Gasteiger partial charge in [-0.15, -0.1) is 0 Å². The van der Waals surface area contributed by atoms with Crippen molar-refractivity contribution in [2.45, 2.75) is 64.1 Å². The first-order valence-electron chi connectivity index (χ1n) is 7.96. The van der Waals surface area contributed by atoms with Crippen molar-refractivity contribution in [2.75, 3.05) is 0 Å². The fourth-order valence-corrected chi connectivity index (χ4v) is 3.41. The number of nitrogens with zero attached hydrogens (tertiary/aromatic N) is 1. The van der Waals surface area contributed by atoms with E-state index in [0.717, 1.165) is 43.6 Å². The Morgan fingerprint density at radius 3 is 2.86 bits per heavy atom. The molecule has 0 spiro atoms. The Morgan fingerprint density at radius 2 is 2.05 bits per heavy atom. The number of para-hydroxylation sites is 1. The molecule has 1 aliphatic carbocycles. The Morgan fingerprint density at radius 1 is 1.24 bits per heavy atom. The third-order valence-corrected chi connectivity index (χ3v) is 4.45. The van der Waals surface area contributed by atoms with Crippen LogP contribution in [0.2, 0.25) is 0 Å². The van der Waals surface area contributed by atoms with Gasteiger partial charge in [-0.25, -0.2) is 0 Å². The van der Waals surface area contributed by atoms with Gasteiger partial charge in [-0.2, -0.15) is 5.26 Å². The largest absolute Gasteiger partial charge is 0.485 e. The van der Waals surface area contributed by atoms with Crippen molar-refractivity contribution < 1.29 is 9.47 Å². The van der Waals surface area contributed by atoms with Crippen LogP contribution < -0.4 is 9.47 Å². The van der Waals surface area contributed by atoms with E-state index in [0.29, 0.717) is 0 Å². The number of hydrogen-bond donors (Lipinski definition) is 0. The van der Waals surface area contributed by atoms with Crippen molar-refractivity contribution in [2.24, 2.45) is 5.92 Å². The molecule has 0 radical (unpaired) electrons. The van der Waals surface area contributed by atoms with E-state index in [1.165, 1.54) is 12.0 Å². The second-order valence-electron chi connectivity index (χ2n) is 6.81. The lowest BCUT2D eigenvalue weighted by Crippen LogP contribution is -2.26. The van der Waals surface area contributed by atoms with Crippen molar-refractivity contribution in [3.63, 3.8) is 0 Å². The lowest BCUT2D eigenvalue weighted by molar-refractivity contribution is 0.114. The fourth-order valence-electron chi connectivity index (χ4n) is 3.41. The van der Waals surface area contributed by atoms with Crippen LogP contribution in [0.15, 0.2) is 18.2 Å². The molecule has 1 saturated carbocycles. The van der Waals surface area contributed by atoms with E-state index in [-0.39, 0.29) is 17.6 Å². The molecule has 1 aliphatic heterocycles. The lowest BCUT2D eigenvalue weighted by atomic mass is 9.98. The molecular weight excluding hydrogens is 262 g/mol. The zero-order chi connectivity index (χ0) is 14.9. The lowest BCUT2D eigenvalue weighted by Gasteiger charge is -2.23. The SMILES string of the molecule is CC1(C)Cc2cccc(OC3CCCCCC3C#N)c2O1. The standard InChI is InChI=1S/C18H23NO2/c1-18(2)11-13-8-6-10-16(17(13)21-18)20-15-9-5-3-4-7-14(15)12-19/h6,8,10,14-15H,3-5,7,9,11H2,1-2H3. The Hall–Kier alpha value is -1.69. The summed E-state index contributed by atoms with van der Waals surface area (Å²) >= 11 is 0. The molecule has 0 bridgehead atoms. The van der Waals surface area contributed by atoms with Gasteiger partial charge in [0, 0.05) is 12.0 Å². The highest BCUT2D eigenvalue weighted by Crippen LogP contribution is 2.43. The van der Waals surface area contributed by atoms with Crippen molar-refractivity contribution >= 4 is 0 Å². The van der Waals surface area contributed by atoms with Gasteiger partial charge in [0.05, 0.1) is 12.0 Å². The summed E-state index contributed by atoms with van der Waals surface area (Å²) in [6.45, 7) is 4.20. The van der Waals surface area contributed by atoms with Gasteiger partial charge in [-0.3, -0.25) is 0 Å². The summed E-state index contributed by atoms with van der Waals surface area (Å²) in [6.07, 6.45) is 6.30. The molecule has 112 valence electrons. The van der Waals surface area contributed by atoms with E-state index in [4.69, 9.17) is 9.47 Å². The average Bonchev–Trinajstić information content (AvgIpc) is 2.62. The van der Waals surface area contributed by atoms with Gasteiger partial charge in [0.2, 0.25) is 0 Å². The maximum Gasteiger partial charge on any atom is 0.165 e. The molecule has 1 heterocycles. The number of hydrogen-bond acceptors (Lipinski definition) is 3. The third kappa shape index (κ3) is 3.00. The zero-order valence-electron chi connectivity index (χ0n) is 12.9. The third-order valence-electron chi connectivity index (χ3n) is 4.45. The Kier molecular flexibility index (Phi) is 3.80. The van der Waals surface area contributed by atoms with E-state index in [1.54, 1.807) is 0 Å². The predicted octanol–water partition coefficient (Wildman–Crippen LogP) is 4.25. The average molecular weight is 285 g/mol. The van der Waals surface area contributed by atoms with Crippen LogP contribution in [0.1, 0.15) is 51.5 Å². The van der Waals surface area contributed by atoms with E-state index < -0.39 is 0 Å². The summed E-state index contributed by atoms with van der Waals surface area (Å²) in [4.78, 5) is 0. The van der Waals surface area contributed by atoms with Crippen LogP contribution in [0, 0.1) is 17.2 Å². The van der Waals surface area contributed by atoms with Crippen molar-refractivity contribution in [1.29, 1.82) is 5.26 Å². The molecule has 3 rings (SSSR count). The van der Waals surface area contributed by atoms with Gasteiger partial charge in [-0.05, 0) is 39.2 Å². The normalized spacial score (nSPS) is 27.1. The first kappa shape index (κ1) is 14.3. The van der Waals surface area contributed by atoms with Crippen LogP contribution in [0.25, 0.3) is 0 Å². The maximum absolute atomic E-state index is 9.38. The molecule has 0 saturated heterocycles. The van der Waals surface area contributed by atoms with Crippen molar-refractivity contribution in [1.82, 2.24) is 0 Å². The van der Waals surface area contributed by atoms with Crippen molar-refractivity contribution in [3.8, 4) is 17.6 Å². The van der Waals surface area contributed by atoms with Crippen molar-refractivity contribution in [3.05, 3.63) is 23.8 Å². The van der Waals surface area contributed by atoms with E-state index in [9.17, 15) is 5.26 Å². The van der Waals surface area contributed by atoms with Crippen LogP contribution >= 0.6 is 0 Å². The molecule has 21 heavy (non-hydrogen) atoms. The summed E-state index contributed by atoms with van der Waals surface area (Å²) in [5.74, 6) is 1.69. The number of ether oxygens (including phenoxy) is 2. The molecule has 1 aromatic carbocycles. The summed E-state index contributed by atoms with van der Waals surface area (Å²) in [5.41, 5.74) is 1.04. The topological polar surface area (TPSA) is 42.2 Å². The van der Waals surface area contributed by atoms with Crippen LogP contribution in [0.4, 0.5) is 0 Å². The van der Waals surface area contributed by atoms with E-state index in [2.05, 4.69) is 26.0 Å². The quantitative estimate of drug-likeness (QED) is 0.763. The predicted molar refractivity (Wildman–Crippen MR) is 81.5 cm³/mol. The molecule has 2 atom stereocenters. The Labute approximate surface area is 126 Å². The number of nitriles is 1. The first-order chi connectivity index (χ1) is 10.1. The molecule has 2 aliphatic rings. The number of benzene rings is 1. The monoisotopic (exact) mass is 285 g/mol. The molecule has 2 unspecified atom stereocenters. The molecular formula is C18H23NO2. The highest BCUT2D eigenvalue weighted by molar-refractivity contribution is 5.50. The van der Waals surface area contributed by atoms with Gasteiger partial charge in [0.25, 0.3) is 0 Å². The second kappa shape index (κ2) is 5.60. The summed E-state index contributed by atoms with van der Waals surface area (Å²) in [7, 11) is 0. The molecule has 0 amide bonds. The Balaban J connectivity index is 1.83. The smallest absolute Gasteiger partial charge is 0.165 e. The van der Waals surface area contributed by atoms with E-state index in [1.807, 2.05) is 12.1 Å². The van der Waals surface area contributed by atoms with Crippen LogP contribution in [0.3, 0.4) is 0 Å². The second-order valence-corrected chi connectivity index (χ2v) is 6.81. The van der Waals surface area contributed by atoms with Crippen LogP contribution in [-0.2, 0) is 6.42 Å². The van der Waals surface area contributed by atoms with Crippen LogP contribution in [0.5, 0.6) is 11.5 Å². The van der Waals surface area contributed by atoms with Gasteiger partial charge < -0.3 is 9.47 Å². The molecule has 3 heteroatoms. The molecule has 1 aromatic rings. The number of rotatable bonds is 2. The fraction of sp³-hybridized carbons (Fsp3) is 0.611. The number of fused-ring (bicyclic) bond motifs is 1. The zero-order valence-corrected chi connectivity index (χ0v) is 12.9. The molecule has 3 nitrogen and oxygen atoms in total.